The number of aromatic nitrogens is 3. The SMILES string of the molecule is O=C(Nc1ccc(N2CCOCC2)nc1)c1ccc(-c2nnc(-c3ccccc3)o2)cc1. The summed E-state index contributed by atoms with van der Waals surface area (Å²) in [4.78, 5) is 19.2. The highest BCUT2D eigenvalue weighted by molar-refractivity contribution is 6.04. The molecule has 0 aliphatic carbocycles. The van der Waals surface area contributed by atoms with Crippen LogP contribution in [0.25, 0.3) is 22.9 Å². The first kappa shape index (κ1) is 19.9. The van der Waals surface area contributed by atoms with Crippen molar-refractivity contribution in [3.63, 3.8) is 0 Å². The van der Waals surface area contributed by atoms with Crippen LogP contribution in [0.2, 0.25) is 0 Å². The Bertz CT molecular complexity index is 1180. The molecule has 2 aromatic carbocycles. The Morgan fingerprint density at radius 3 is 2.19 bits per heavy atom. The molecule has 0 unspecified atom stereocenters. The second kappa shape index (κ2) is 8.99. The van der Waals surface area contributed by atoms with Crippen molar-refractivity contribution in [3.05, 3.63) is 78.5 Å². The van der Waals surface area contributed by atoms with Crippen LogP contribution in [0, 0.1) is 0 Å². The van der Waals surface area contributed by atoms with Crippen molar-refractivity contribution < 1.29 is 13.9 Å². The van der Waals surface area contributed by atoms with E-state index in [1.165, 1.54) is 0 Å². The summed E-state index contributed by atoms with van der Waals surface area (Å²) >= 11 is 0. The van der Waals surface area contributed by atoms with Gasteiger partial charge in [0.1, 0.15) is 5.82 Å². The van der Waals surface area contributed by atoms with Crippen LogP contribution in [-0.4, -0.2) is 47.4 Å². The molecule has 0 saturated carbocycles. The number of hydrogen-bond acceptors (Lipinski definition) is 7. The van der Waals surface area contributed by atoms with E-state index in [9.17, 15) is 4.79 Å². The van der Waals surface area contributed by atoms with Gasteiger partial charge in [0.2, 0.25) is 11.8 Å². The van der Waals surface area contributed by atoms with Crippen LogP contribution in [0.1, 0.15) is 10.4 Å². The Morgan fingerprint density at radius 2 is 1.53 bits per heavy atom. The van der Waals surface area contributed by atoms with Crippen LogP contribution >= 0.6 is 0 Å². The van der Waals surface area contributed by atoms with Crippen molar-refractivity contribution in [2.24, 2.45) is 0 Å². The van der Waals surface area contributed by atoms with E-state index < -0.39 is 0 Å². The van der Waals surface area contributed by atoms with Crippen molar-refractivity contribution in [1.82, 2.24) is 15.2 Å². The molecule has 0 atom stereocenters. The third kappa shape index (κ3) is 4.35. The summed E-state index contributed by atoms with van der Waals surface area (Å²) in [5.74, 6) is 1.52. The van der Waals surface area contributed by atoms with E-state index in [2.05, 4.69) is 25.4 Å². The van der Waals surface area contributed by atoms with Crippen LogP contribution in [0.3, 0.4) is 0 Å². The van der Waals surface area contributed by atoms with Crippen molar-refractivity contribution in [3.8, 4) is 22.9 Å². The lowest BCUT2D eigenvalue weighted by Crippen LogP contribution is -2.36. The minimum absolute atomic E-state index is 0.215. The smallest absolute Gasteiger partial charge is 0.255 e. The van der Waals surface area contributed by atoms with E-state index in [4.69, 9.17) is 9.15 Å². The number of benzene rings is 2. The monoisotopic (exact) mass is 427 g/mol. The van der Waals surface area contributed by atoms with Gasteiger partial charge < -0.3 is 19.4 Å². The molecule has 1 aliphatic rings. The van der Waals surface area contributed by atoms with E-state index in [0.29, 0.717) is 36.2 Å². The summed E-state index contributed by atoms with van der Waals surface area (Å²) in [6, 6.07) is 20.4. The number of ether oxygens (including phenoxy) is 1. The highest BCUT2D eigenvalue weighted by atomic mass is 16.5. The molecule has 1 amide bonds. The summed E-state index contributed by atoms with van der Waals surface area (Å²) in [6.45, 7) is 3.04. The number of amides is 1. The lowest BCUT2D eigenvalue weighted by molar-refractivity contribution is 0.102. The molecule has 5 rings (SSSR count). The number of pyridine rings is 1. The fraction of sp³-hybridized carbons (Fsp3) is 0.167. The lowest BCUT2D eigenvalue weighted by Gasteiger charge is -2.27. The predicted molar refractivity (Wildman–Crippen MR) is 120 cm³/mol. The summed E-state index contributed by atoms with van der Waals surface area (Å²) < 4.78 is 11.1. The molecule has 160 valence electrons. The van der Waals surface area contributed by atoms with E-state index in [1.54, 1.807) is 30.5 Å². The number of nitrogens with zero attached hydrogens (tertiary/aromatic N) is 4. The van der Waals surface area contributed by atoms with Crippen LogP contribution in [-0.2, 0) is 4.74 Å². The lowest BCUT2D eigenvalue weighted by atomic mass is 10.1. The summed E-state index contributed by atoms with van der Waals surface area (Å²) in [7, 11) is 0. The van der Waals surface area contributed by atoms with E-state index in [-0.39, 0.29) is 5.91 Å². The first-order valence-corrected chi connectivity index (χ1v) is 10.4. The van der Waals surface area contributed by atoms with E-state index in [1.807, 2.05) is 42.5 Å². The molecule has 2 aromatic heterocycles. The maximum Gasteiger partial charge on any atom is 0.255 e. The van der Waals surface area contributed by atoms with Crippen molar-refractivity contribution in [2.75, 3.05) is 36.5 Å². The minimum atomic E-state index is -0.215. The average Bonchev–Trinajstić information content (AvgIpc) is 3.36. The number of rotatable bonds is 5. The Balaban J connectivity index is 1.24. The Labute approximate surface area is 184 Å². The number of carbonyl (C=O) groups excluding carboxylic acids is 1. The summed E-state index contributed by atoms with van der Waals surface area (Å²) in [5, 5.41) is 11.1. The molecule has 0 bridgehead atoms. The maximum atomic E-state index is 12.6. The van der Waals surface area contributed by atoms with Crippen molar-refractivity contribution >= 4 is 17.4 Å². The first-order chi connectivity index (χ1) is 15.8. The standard InChI is InChI=1S/C24H21N5O3/c30-22(26-20-10-11-21(25-16-20)29-12-14-31-15-13-29)17-6-8-19(9-7-17)24-28-27-23(32-24)18-4-2-1-3-5-18/h1-11,16H,12-15H2,(H,26,30). The minimum Gasteiger partial charge on any atom is -0.416 e. The van der Waals surface area contributed by atoms with Gasteiger partial charge in [-0.05, 0) is 48.5 Å². The number of hydrogen-bond donors (Lipinski definition) is 1. The highest BCUT2D eigenvalue weighted by Crippen LogP contribution is 2.24. The zero-order valence-electron chi connectivity index (χ0n) is 17.3. The molecule has 8 nitrogen and oxygen atoms in total. The van der Waals surface area contributed by atoms with Gasteiger partial charge in [-0.3, -0.25) is 4.79 Å². The van der Waals surface area contributed by atoms with Gasteiger partial charge in [-0.1, -0.05) is 18.2 Å². The Morgan fingerprint density at radius 1 is 0.844 bits per heavy atom. The largest absolute Gasteiger partial charge is 0.416 e. The van der Waals surface area contributed by atoms with Crippen molar-refractivity contribution in [1.29, 1.82) is 0 Å². The molecular formula is C24H21N5O3. The third-order valence-electron chi connectivity index (χ3n) is 5.18. The summed E-state index contributed by atoms with van der Waals surface area (Å²) in [6.07, 6.45) is 1.67. The number of nitrogens with one attached hydrogen (secondary N) is 1. The fourth-order valence-electron chi connectivity index (χ4n) is 3.44. The molecule has 32 heavy (non-hydrogen) atoms. The second-order valence-corrected chi connectivity index (χ2v) is 7.31. The third-order valence-corrected chi connectivity index (χ3v) is 5.18. The van der Waals surface area contributed by atoms with Crippen LogP contribution in [0.15, 0.2) is 77.3 Å². The Kier molecular flexibility index (Phi) is 5.59. The van der Waals surface area contributed by atoms with Crippen LogP contribution < -0.4 is 10.2 Å². The molecular weight excluding hydrogens is 406 g/mol. The molecule has 0 spiro atoms. The van der Waals surface area contributed by atoms with Crippen LogP contribution in [0.4, 0.5) is 11.5 Å². The zero-order valence-corrected chi connectivity index (χ0v) is 17.3. The van der Waals surface area contributed by atoms with Crippen LogP contribution in [0.5, 0.6) is 0 Å². The van der Waals surface area contributed by atoms with Gasteiger partial charge >= 0.3 is 0 Å². The molecule has 1 fully saturated rings. The van der Waals surface area contributed by atoms with E-state index >= 15 is 0 Å². The van der Waals surface area contributed by atoms with Crippen molar-refractivity contribution in [2.45, 2.75) is 0 Å². The Hall–Kier alpha value is -4.04. The molecule has 3 heterocycles. The van der Waals surface area contributed by atoms with Gasteiger partial charge in [0, 0.05) is 29.8 Å². The fourth-order valence-corrected chi connectivity index (χ4v) is 3.44. The normalized spacial score (nSPS) is 13.7. The molecule has 4 aromatic rings. The maximum absolute atomic E-state index is 12.6. The first-order valence-electron chi connectivity index (χ1n) is 10.4. The molecule has 1 aliphatic heterocycles. The highest BCUT2D eigenvalue weighted by Gasteiger charge is 2.14. The predicted octanol–water partition coefficient (Wildman–Crippen LogP) is 3.89. The molecule has 1 saturated heterocycles. The number of morpholine rings is 1. The number of carbonyl (C=O) groups is 1. The zero-order chi connectivity index (χ0) is 21.8. The van der Waals surface area contributed by atoms with Gasteiger partial charge in [0.15, 0.2) is 0 Å². The quantitative estimate of drug-likeness (QED) is 0.516. The van der Waals surface area contributed by atoms with Gasteiger partial charge in [-0.15, -0.1) is 10.2 Å². The average molecular weight is 427 g/mol. The van der Waals surface area contributed by atoms with Gasteiger partial charge in [0.05, 0.1) is 25.1 Å². The van der Waals surface area contributed by atoms with Gasteiger partial charge in [0.25, 0.3) is 5.91 Å². The van der Waals surface area contributed by atoms with E-state index in [0.717, 1.165) is 30.0 Å². The van der Waals surface area contributed by atoms with Gasteiger partial charge in [-0.2, -0.15) is 0 Å². The van der Waals surface area contributed by atoms with Gasteiger partial charge in [-0.25, -0.2) is 4.98 Å². The second-order valence-electron chi connectivity index (χ2n) is 7.31. The number of anilines is 2. The summed E-state index contributed by atoms with van der Waals surface area (Å²) in [5.41, 5.74) is 2.76. The topological polar surface area (TPSA) is 93.4 Å². The molecule has 8 heteroatoms. The molecule has 0 radical (unpaired) electrons. The molecule has 1 N–H and O–H groups in total.